The van der Waals surface area contributed by atoms with Gasteiger partial charge >= 0.3 is 0 Å². The van der Waals surface area contributed by atoms with Crippen LogP contribution >= 0.6 is 0 Å². The summed E-state index contributed by atoms with van der Waals surface area (Å²) in [6.07, 6.45) is 1.39. The normalized spacial score (nSPS) is 10.5. The molecule has 0 saturated heterocycles. The van der Waals surface area contributed by atoms with Crippen LogP contribution in [0.15, 0.2) is 54.7 Å². The number of nitrogens with zero attached hydrogens (tertiary/aromatic N) is 1. The van der Waals surface area contributed by atoms with Crippen molar-refractivity contribution in [2.24, 2.45) is 0 Å². The van der Waals surface area contributed by atoms with Crippen LogP contribution in [0.5, 0.6) is 0 Å². The average molecular weight is 323 g/mol. The fourth-order valence-corrected chi connectivity index (χ4v) is 2.39. The molecule has 0 aliphatic heterocycles. The predicted molar refractivity (Wildman–Crippen MR) is 87.6 cm³/mol. The molecule has 0 radical (unpaired) electrons. The fourth-order valence-electron chi connectivity index (χ4n) is 2.39. The van der Waals surface area contributed by atoms with Crippen LogP contribution in [0.25, 0.3) is 10.9 Å². The number of nitro groups is 1. The van der Waals surface area contributed by atoms with Crippen LogP contribution in [0.3, 0.4) is 0 Å². The zero-order valence-electron chi connectivity index (χ0n) is 12.5. The fraction of sp³-hybridized carbons (Fsp3) is 0.0588. The molecule has 24 heavy (non-hydrogen) atoms. The van der Waals surface area contributed by atoms with E-state index in [2.05, 4.69) is 10.3 Å². The van der Waals surface area contributed by atoms with E-state index < -0.39 is 16.6 Å². The van der Waals surface area contributed by atoms with Crippen LogP contribution in [-0.2, 0) is 11.3 Å². The van der Waals surface area contributed by atoms with Crippen molar-refractivity contribution in [1.82, 2.24) is 10.3 Å². The van der Waals surface area contributed by atoms with Gasteiger partial charge in [-0.25, -0.2) is 0 Å². The summed E-state index contributed by atoms with van der Waals surface area (Å²) in [5, 5.41) is 13.8. The van der Waals surface area contributed by atoms with Gasteiger partial charge in [0, 0.05) is 35.8 Å². The van der Waals surface area contributed by atoms with E-state index in [4.69, 9.17) is 0 Å². The summed E-state index contributed by atoms with van der Waals surface area (Å²) in [7, 11) is 0. The lowest BCUT2D eigenvalue weighted by atomic mass is 10.1. The molecular weight excluding hydrogens is 310 g/mol. The highest BCUT2D eigenvalue weighted by Crippen LogP contribution is 2.24. The number of hydrogen-bond donors (Lipinski definition) is 2. The standard InChI is InChI=1S/C17H13N3O4/c21-16(17(22)19-9-11-4-2-1-3-5-11)14-10-18-15-7-6-12(20(23)24)8-13(14)15/h1-8,10,18H,9H2,(H,19,22). The Kier molecular flexibility index (Phi) is 4.07. The molecule has 0 aliphatic carbocycles. The van der Waals surface area contributed by atoms with Gasteiger partial charge in [0.15, 0.2) is 0 Å². The second-order valence-electron chi connectivity index (χ2n) is 5.19. The van der Waals surface area contributed by atoms with Crippen LogP contribution in [-0.4, -0.2) is 21.6 Å². The van der Waals surface area contributed by atoms with Gasteiger partial charge in [-0.15, -0.1) is 0 Å². The van der Waals surface area contributed by atoms with Crippen LogP contribution < -0.4 is 5.32 Å². The SMILES string of the molecule is O=C(NCc1ccccc1)C(=O)c1c[nH]c2ccc([N+](=O)[O-])cc12. The Labute approximate surface area is 136 Å². The maximum atomic E-state index is 12.3. The summed E-state index contributed by atoms with van der Waals surface area (Å²) in [6.45, 7) is 0.230. The molecule has 1 amide bonds. The van der Waals surface area contributed by atoms with Crippen molar-refractivity contribution in [3.05, 3.63) is 76.0 Å². The highest BCUT2D eigenvalue weighted by atomic mass is 16.6. The second kappa shape index (κ2) is 6.33. The predicted octanol–water partition coefficient (Wildman–Crippen LogP) is 2.58. The van der Waals surface area contributed by atoms with E-state index in [9.17, 15) is 19.7 Å². The van der Waals surface area contributed by atoms with Crippen molar-refractivity contribution in [3.8, 4) is 0 Å². The number of non-ortho nitro benzene ring substituents is 1. The van der Waals surface area contributed by atoms with Gasteiger partial charge in [0.25, 0.3) is 17.4 Å². The number of aromatic nitrogens is 1. The van der Waals surface area contributed by atoms with Crippen molar-refractivity contribution in [2.75, 3.05) is 0 Å². The highest BCUT2D eigenvalue weighted by molar-refractivity contribution is 6.44. The molecule has 0 saturated carbocycles. The monoisotopic (exact) mass is 323 g/mol. The highest BCUT2D eigenvalue weighted by Gasteiger charge is 2.21. The molecule has 7 heteroatoms. The van der Waals surface area contributed by atoms with Crippen LogP contribution in [0.4, 0.5) is 5.69 Å². The van der Waals surface area contributed by atoms with Crippen LogP contribution in [0, 0.1) is 10.1 Å². The minimum absolute atomic E-state index is 0.110. The number of hydrogen-bond acceptors (Lipinski definition) is 4. The number of rotatable bonds is 5. The Bertz CT molecular complexity index is 931. The van der Waals surface area contributed by atoms with Gasteiger partial charge in [0.1, 0.15) is 0 Å². The lowest BCUT2D eigenvalue weighted by Gasteiger charge is -2.04. The summed E-state index contributed by atoms with van der Waals surface area (Å²) in [5.74, 6) is -1.50. The second-order valence-corrected chi connectivity index (χ2v) is 5.19. The van der Waals surface area contributed by atoms with E-state index in [0.29, 0.717) is 10.9 Å². The van der Waals surface area contributed by atoms with E-state index in [1.807, 2.05) is 30.3 Å². The minimum Gasteiger partial charge on any atom is -0.360 e. The first kappa shape index (κ1) is 15.4. The van der Waals surface area contributed by atoms with Gasteiger partial charge in [0.05, 0.1) is 10.5 Å². The molecule has 2 N–H and O–H groups in total. The van der Waals surface area contributed by atoms with Crippen molar-refractivity contribution < 1.29 is 14.5 Å². The molecule has 0 spiro atoms. The number of nitro benzene ring substituents is 1. The maximum absolute atomic E-state index is 12.3. The van der Waals surface area contributed by atoms with Gasteiger partial charge in [-0.2, -0.15) is 0 Å². The third-order valence-electron chi connectivity index (χ3n) is 3.62. The van der Waals surface area contributed by atoms with Crippen molar-refractivity contribution in [1.29, 1.82) is 0 Å². The lowest BCUT2D eigenvalue weighted by Crippen LogP contribution is -2.30. The van der Waals surface area contributed by atoms with E-state index >= 15 is 0 Å². The first-order valence-corrected chi connectivity index (χ1v) is 7.18. The van der Waals surface area contributed by atoms with Gasteiger partial charge in [-0.05, 0) is 11.6 Å². The number of nitrogens with one attached hydrogen (secondary N) is 2. The van der Waals surface area contributed by atoms with Gasteiger partial charge < -0.3 is 10.3 Å². The van der Waals surface area contributed by atoms with Gasteiger partial charge in [-0.3, -0.25) is 19.7 Å². The van der Waals surface area contributed by atoms with E-state index in [1.54, 1.807) is 0 Å². The molecule has 0 aliphatic rings. The third-order valence-corrected chi connectivity index (χ3v) is 3.62. The molecule has 0 bridgehead atoms. The number of fused-ring (bicyclic) bond motifs is 1. The Morgan fingerprint density at radius 3 is 2.58 bits per heavy atom. The largest absolute Gasteiger partial charge is 0.360 e. The third kappa shape index (κ3) is 3.00. The molecule has 7 nitrogen and oxygen atoms in total. The summed E-state index contributed by atoms with van der Waals surface area (Å²) in [5.41, 5.74) is 1.40. The molecular formula is C17H13N3O4. The molecule has 3 rings (SSSR count). The Morgan fingerprint density at radius 1 is 1.12 bits per heavy atom. The zero-order chi connectivity index (χ0) is 17.1. The molecule has 120 valence electrons. The molecule has 1 heterocycles. The Hall–Kier alpha value is -3.48. The summed E-state index contributed by atoms with van der Waals surface area (Å²) >= 11 is 0. The topological polar surface area (TPSA) is 105 Å². The Morgan fingerprint density at radius 2 is 1.88 bits per heavy atom. The number of H-pyrrole nitrogens is 1. The first-order valence-electron chi connectivity index (χ1n) is 7.18. The van der Waals surface area contributed by atoms with Crippen molar-refractivity contribution in [3.63, 3.8) is 0 Å². The van der Waals surface area contributed by atoms with Gasteiger partial charge in [0.2, 0.25) is 0 Å². The van der Waals surface area contributed by atoms with Crippen LogP contribution in [0.2, 0.25) is 0 Å². The Balaban J connectivity index is 1.81. The quantitative estimate of drug-likeness (QED) is 0.326. The summed E-state index contributed by atoms with van der Waals surface area (Å²) < 4.78 is 0. The van der Waals surface area contributed by atoms with E-state index in [1.165, 1.54) is 24.4 Å². The number of ketones is 1. The number of benzene rings is 2. The maximum Gasteiger partial charge on any atom is 0.292 e. The molecule has 0 fully saturated rings. The summed E-state index contributed by atoms with van der Waals surface area (Å²) in [4.78, 5) is 37.6. The number of aromatic amines is 1. The van der Waals surface area contributed by atoms with Crippen LogP contribution in [0.1, 0.15) is 15.9 Å². The molecule has 3 aromatic rings. The minimum atomic E-state index is -0.758. The first-order chi connectivity index (χ1) is 11.6. The molecule has 0 atom stereocenters. The number of carbonyl (C=O) groups is 2. The van der Waals surface area contributed by atoms with Gasteiger partial charge in [-0.1, -0.05) is 30.3 Å². The molecule has 1 aromatic heterocycles. The smallest absolute Gasteiger partial charge is 0.292 e. The average Bonchev–Trinajstić information content (AvgIpc) is 3.03. The van der Waals surface area contributed by atoms with Crippen molar-refractivity contribution >= 4 is 28.3 Å². The number of amides is 1. The molecule has 2 aromatic carbocycles. The number of Topliss-reactive ketones (excluding diaryl/α,β-unsaturated/α-hetero) is 1. The zero-order valence-corrected chi connectivity index (χ0v) is 12.5. The number of carbonyl (C=O) groups excluding carboxylic acids is 2. The lowest BCUT2D eigenvalue weighted by molar-refractivity contribution is -0.384. The van der Waals surface area contributed by atoms with E-state index in [-0.39, 0.29) is 17.8 Å². The van der Waals surface area contributed by atoms with Crippen molar-refractivity contribution in [2.45, 2.75) is 6.54 Å². The van der Waals surface area contributed by atoms with E-state index in [0.717, 1.165) is 5.56 Å². The molecule has 0 unspecified atom stereocenters. The summed E-state index contributed by atoms with van der Waals surface area (Å²) in [6, 6.07) is 13.3.